The fourth-order valence-electron chi connectivity index (χ4n) is 2.82. The molecule has 0 radical (unpaired) electrons. The summed E-state index contributed by atoms with van der Waals surface area (Å²) < 4.78 is 32.7. The van der Waals surface area contributed by atoms with Crippen LogP contribution in [-0.2, 0) is 14.8 Å². The Balaban J connectivity index is 2.05. The molecule has 0 bridgehead atoms. The number of rotatable bonds is 4. The quantitative estimate of drug-likeness (QED) is 0.796. The third-order valence-electron chi connectivity index (χ3n) is 4.10. The second-order valence-electron chi connectivity index (χ2n) is 5.46. The Morgan fingerprint density at radius 1 is 1.17 bits per heavy atom. The molecule has 2 N–H and O–H groups in total. The highest BCUT2D eigenvalue weighted by atomic mass is 32.2. The van der Waals surface area contributed by atoms with Crippen molar-refractivity contribution < 1.29 is 18.3 Å². The Bertz CT molecular complexity index is 356. The van der Waals surface area contributed by atoms with E-state index in [1.165, 1.54) is 0 Å². The Kier molecular flexibility index (Phi) is 4.64. The molecule has 5 nitrogen and oxygen atoms in total. The molecule has 0 aromatic carbocycles. The fraction of sp³-hybridized carbons (Fsp3) is 1.00. The number of aliphatic hydroxyl groups excluding tert-OH is 1. The van der Waals surface area contributed by atoms with Crippen molar-refractivity contribution in [3.8, 4) is 0 Å². The minimum Gasteiger partial charge on any atom is -0.394 e. The lowest BCUT2D eigenvalue weighted by molar-refractivity contribution is 0.0221. The van der Waals surface area contributed by atoms with Crippen LogP contribution in [0.3, 0.4) is 0 Å². The summed E-state index contributed by atoms with van der Waals surface area (Å²) in [4.78, 5) is 0. The smallest absolute Gasteiger partial charge is 0.215 e. The summed E-state index contributed by atoms with van der Waals surface area (Å²) in [7, 11) is -3.32. The van der Waals surface area contributed by atoms with Crippen molar-refractivity contribution in [3.05, 3.63) is 0 Å². The van der Waals surface area contributed by atoms with Gasteiger partial charge >= 0.3 is 0 Å². The zero-order valence-corrected chi connectivity index (χ0v) is 11.5. The van der Waals surface area contributed by atoms with Crippen LogP contribution in [-0.4, -0.2) is 44.1 Å². The first-order valence-corrected chi connectivity index (χ1v) is 8.34. The molecular weight excluding hydrogens is 254 g/mol. The number of aliphatic hydroxyl groups is 1. The van der Waals surface area contributed by atoms with Crippen LogP contribution in [0.25, 0.3) is 0 Å². The van der Waals surface area contributed by atoms with Crippen LogP contribution in [0.4, 0.5) is 0 Å². The summed E-state index contributed by atoms with van der Waals surface area (Å²) in [5, 5.41) is 9.24. The summed E-state index contributed by atoms with van der Waals surface area (Å²) >= 11 is 0. The van der Waals surface area contributed by atoms with Crippen molar-refractivity contribution in [3.63, 3.8) is 0 Å². The molecule has 1 saturated heterocycles. The zero-order chi connectivity index (χ0) is 13.1. The predicted octanol–water partition coefficient (Wildman–Crippen LogP) is 0.780. The first-order valence-electron chi connectivity index (χ1n) is 6.79. The Morgan fingerprint density at radius 2 is 1.78 bits per heavy atom. The highest BCUT2D eigenvalue weighted by Crippen LogP contribution is 2.27. The lowest BCUT2D eigenvalue weighted by atomic mass is 9.93. The fourth-order valence-corrected chi connectivity index (χ4v) is 4.81. The summed E-state index contributed by atoms with van der Waals surface area (Å²) in [5.41, 5.74) is -0.700. The maximum Gasteiger partial charge on any atom is 0.215 e. The van der Waals surface area contributed by atoms with Crippen LogP contribution in [0.1, 0.15) is 44.9 Å². The third kappa shape index (κ3) is 3.23. The molecule has 1 saturated carbocycles. The topological polar surface area (TPSA) is 75.6 Å². The first kappa shape index (κ1) is 14.2. The second kappa shape index (κ2) is 5.86. The van der Waals surface area contributed by atoms with Crippen molar-refractivity contribution in [1.82, 2.24) is 4.72 Å². The molecule has 1 heterocycles. The van der Waals surface area contributed by atoms with E-state index in [-0.39, 0.29) is 11.9 Å². The van der Waals surface area contributed by atoms with E-state index >= 15 is 0 Å². The lowest BCUT2D eigenvalue weighted by Crippen LogP contribution is -2.56. The molecule has 0 aromatic rings. The second-order valence-corrected chi connectivity index (χ2v) is 7.42. The SMILES string of the molecule is O=S(=O)(NC1(CO)CCOCC1)C1CCCCC1. The van der Waals surface area contributed by atoms with Gasteiger partial charge in [-0.2, -0.15) is 0 Å². The van der Waals surface area contributed by atoms with E-state index in [0.717, 1.165) is 32.1 Å². The molecule has 18 heavy (non-hydrogen) atoms. The first-order chi connectivity index (χ1) is 8.58. The molecule has 0 atom stereocenters. The van der Waals surface area contributed by atoms with Crippen LogP contribution < -0.4 is 4.72 Å². The largest absolute Gasteiger partial charge is 0.394 e. The molecule has 1 aliphatic heterocycles. The van der Waals surface area contributed by atoms with Crippen LogP contribution in [0.5, 0.6) is 0 Å². The zero-order valence-electron chi connectivity index (χ0n) is 10.7. The third-order valence-corrected chi connectivity index (χ3v) is 6.17. The van der Waals surface area contributed by atoms with Crippen LogP contribution in [0.2, 0.25) is 0 Å². The number of nitrogens with one attached hydrogen (secondary N) is 1. The van der Waals surface area contributed by atoms with E-state index in [1.807, 2.05) is 0 Å². The highest BCUT2D eigenvalue weighted by Gasteiger charge is 2.39. The highest BCUT2D eigenvalue weighted by molar-refractivity contribution is 7.90. The summed E-state index contributed by atoms with van der Waals surface area (Å²) in [6, 6.07) is 0. The average molecular weight is 277 g/mol. The molecular formula is C12H23NO4S. The van der Waals surface area contributed by atoms with Gasteiger partial charge in [-0.05, 0) is 25.7 Å². The minimum atomic E-state index is -3.32. The van der Waals surface area contributed by atoms with E-state index in [2.05, 4.69) is 4.72 Å². The van der Waals surface area contributed by atoms with Crippen molar-refractivity contribution in [1.29, 1.82) is 0 Å². The summed E-state index contributed by atoms with van der Waals surface area (Å²) in [6.07, 6.45) is 5.69. The van der Waals surface area contributed by atoms with Crippen LogP contribution in [0, 0.1) is 0 Å². The Hall–Kier alpha value is -0.170. The molecule has 0 amide bonds. The van der Waals surface area contributed by atoms with E-state index in [1.54, 1.807) is 0 Å². The van der Waals surface area contributed by atoms with Crippen molar-refractivity contribution in [2.24, 2.45) is 0 Å². The van der Waals surface area contributed by atoms with Gasteiger partial charge in [0.1, 0.15) is 0 Å². The van der Waals surface area contributed by atoms with E-state index in [9.17, 15) is 13.5 Å². The molecule has 2 fully saturated rings. The van der Waals surface area contributed by atoms with Crippen LogP contribution in [0.15, 0.2) is 0 Å². The maximum atomic E-state index is 12.4. The monoisotopic (exact) mass is 277 g/mol. The van der Waals surface area contributed by atoms with E-state index in [0.29, 0.717) is 26.1 Å². The molecule has 0 aromatic heterocycles. The van der Waals surface area contributed by atoms with Gasteiger partial charge in [0.25, 0.3) is 0 Å². The van der Waals surface area contributed by atoms with E-state index < -0.39 is 15.6 Å². The van der Waals surface area contributed by atoms with Gasteiger partial charge in [0.15, 0.2) is 0 Å². The molecule has 2 aliphatic rings. The van der Waals surface area contributed by atoms with Gasteiger partial charge in [-0.1, -0.05) is 19.3 Å². The minimum absolute atomic E-state index is 0.150. The van der Waals surface area contributed by atoms with E-state index in [4.69, 9.17) is 4.74 Å². The van der Waals surface area contributed by atoms with Crippen LogP contribution >= 0.6 is 0 Å². The molecule has 106 valence electrons. The number of hydrogen-bond acceptors (Lipinski definition) is 4. The van der Waals surface area contributed by atoms with Gasteiger partial charge in [-0.25, -0.2) is 13.1 Å². The van der Waals surface area contributed by atoms with Gasteiger partial charge in [0, 0.05) is 13.2 Å². The van der Waals surface area contributed by atoms with Gasteiger partial charge in [-0.3, -0.25) is 0 Å². The van der Waals surface area contributed by atoms with Gasteiger partial charge < -0.3 is 9.84 Å². The molecule has 0 unspecified atom stereocenters. The maximum absolute atomic E-state index is 12.4. The normalized spacial score (nSPS) is 26.1. The molecule has 6 heteroatoms. The standard InChI is InChI=1S/C12H23NO4S/c14-10-12(6-8-17-9-7-12)13-18(15,16)11-4-2-1-3-5-11/h11,13-14H,1-10H2. The molecule has 1 aliphatic carbocycles. The van der Waals surface area contributed by atoms with Crippen molar-refractivity contribution in [2.45, 2.75) is 55.7 Å². The van der Waals surface area contributed by atoms with Gasteiger partial charge in [-0.15, -0.1) is 0 Å². The van der Waals surface area contributed by atoms with Crippen molar-refractivity contribution >= 4 is 10.0 Å². The molecule has 2 rings (SSSR count). The number of hydrogen-bond donors (Lipinski definition) is 2. The number of ether oxygens (including phenoxy) is 1. The summed E-state index contributed by atoms with van der Waals surface area (Å²) in [6.45, 7) is 0.865. The Labute approximate surface area is 109 Å². The number of sulfonamides is 1. The van der Waals surface area contributed by atoms with Gasteiger partial charge in [0.05, 0.1) is 17.4 Å². The van der Waals surface area contributed by atoms with Crippen molar-refractivity contribution in [2.75, 3.05) is 19.8 Å². The average Bonchev–Trinajstić information content (AvgIpc) is 2.40. The summed E-state index contributed by atoms with van der Waals surface area (Å²) in [5.74, 6) is 0. The Morgan fingerprint density at radius 3 is 2.33 bits per heavy atom. The predicted molar refractivity (Wildman–Crippen MR) is 68.8 cm³/mol. The molecule has 0 spiro atoms. The lowest BCUT2D eigenvalue weighted by Gasteiger charge is -2.37. The van der Waals surface area contributed by atoms with Gasteiger partial charge in [0.2, 0.25) is 10.0 Å².